The predicted octanol–water partition coefficient (Wildman–Crippen LogP) is 2.81. The van der Waals surface area contributed by atoms with Gasteiger partial charge in [0.25, 0.3) is 0 Å². The van der Waals surface area contributed by atoms with E-state index in [-0.39, 0.29) is 0 Å². The maximum atomic E-state index is 6.03. The normalized spacial score (nSPS) is 11.1. The van der Waals surface area contributed by atoms with E-state index in [1.807, 2.05) is 28.8 Å². The summed E-state index contributed by atoms with van der Waals surface area (Å²) in [6.07, 6.45) is 1.59. The largest absolute Gasteiger partial charge is 0.397 e. The van der Waals surface area contributed by atoms with Gasteiger partial charge in [-0.2, -0.15) is 5.10 Å². The Balaban J connectivity index is 2.17. The summed E-state index contributed by atoms with van der Waals surface area (Å²) in [5.41, 5.74) is 7.60. The van der Waals surface area contributed by atoms with Crippen molar-refractivity contribution in [1.82, 2.24) is 14.8 Å². The van der Waals surface area contributed by atoms with Crippen LogP contribution in [0.2, 0.25) is 5.02 Å². The molecule has 2 aromatic rings. The molecule has 108 valence electrons. The van der Waals surface area contributed by atoms with E-state index in [9.17, 15) is 0 Å². The Kier molecular flexibility index (Phi) is 4.49. The van der Waals surface area contributed by atoms with Crippen LogP contribution in [0.4, 0.5) is 11.4 Å². The van der Waals surface area contributed by atoms with Crippen LogP contribution in [0.15, 0.2) is 24.5 Å². The third kappa shape index (κ3) is 3.42. The maximum Gasteiger partial charge on any atom is 0.146 e. The van der Waals surface area contributed by atoms with E-state index in [0.29, 0.717) is 23.2 Å². The number of halogens is 1. The van der Waals surface area contributed by atoms with Crippen molar-refractivity contribution in [3.63, 3.8) is 0 Å². The lowest BCUT2D eigenvalue weighted by Crippen LogP contribution is -2.22. The predicted molar refractivity (Wildman–Crippen MR) is 82.8 cm³/mol. The zero-order valence-electron chi connectivity index (χ0n) is 12.0. The average Bonchev–Trinajstić information content (AvgIpc) is 2.78. The van der Waals surface area contributed by atoms with Gasteiger partial charge in [-0.1, -0.05) is 25.4 Å². The molecule has 0 radical (unpaired) electrons. The number of benzene rings is 1. The highest BCUT2D eigenvalue weighted by molar-refractivity contribution is 6.31. The van der Waals surface area contributed by atoms with Crippen molar-refractivity contribution in [2.45, 2.75) is 26.9 Å². The van der Waals surface area contributed by atoms with Crippen LogP contribution in [0.25, 0.3) is 0 Å². The minimum absolute atomic E-state index is 0.525. The summed E-state index contributed by atoms with van der Waals surface area (Å²) in [4.78, 5) is 6.35. The van der Waals surface area contributed by atoms with Crippen LogP contribution in [0, 0.1) is 5.92 Å². The molecule has 0 unspecified atom stereocenters. The molecule has 0 amide bonds. The fourth-order valence-electron chi connectivity index (χ4n) is 2.05. The van der Waals surface area contributed by atoms with E-state index in [2.05, 4.69) is 23.9 Å². The molecule has 20 heavy (non-hydrogen) atoms. The molecule has 1 aromatic carbocycles. The van der Waals surface area contributed by atoms with Crippen molar-refractivity contribution in [2.75, 3.05) is 17.7 Å². The lowest BCUT2D eigenvalue weighted by Gasteiger charge is -2.21. The van der Waals surface area contributed by atoms with Crippen LogP contribution in [0.3, 0.4) is 0 Å². The molecule has 0 saturated carbocycles. The molecule has 6 heteroatoms. The molecule has 1 aromatic heterocycles. The number of aromatic nitrogens is 3. The first-order chi connectivity index (χ1) is 9.47. The van der Waals surface area contributed by atoms with Crippen molar-refractivity contribution in [3.8, 4) is 0 Å². The van der Waals surface area contributed by atoms with Crippen molar-refractivity contribution in [3.05, 3.63) is 35.4 Å². The van der Waals surface area contributed by atoms with Gasteiger partial charge in [-0.3, -0.25) is 0 Å². The van der Waals surface area contributed by atoms with Crippen molar-refractivity contribution in [1.29, 1.82) is 0 Å². The zero-order valence-corrected chi connectivity index (χ0v) is 12.8. The molecule has 2 rings (SSSR count). The van der Waals surface area contributed by atoms with Crippen molar-refractivity contribution < 1.29 is 0 Å². The Hall–Kier alpha value is -1.75. The van der Waals surface area contributed by atoms with Gasteiger partial charge in [0.05, 0.1) is 17.9 Å². The van der Waals surface area contributed by atoms with E-state index >= 15 is 0 Å². The summed E-state index contributed by atoms with van der Waals surface area (Å²) in [6, 6.07) is 5.46. The van der Waals surface area contributed by atoms with Gasteiger partial charge in [0.1, 0.15) is 12.2 Å². The number of nitrogen functional groups attached to an aromatic ring is 1. The minimum atomic E-state index is 0.525. The Labute approximate surface area is 124 Å². The van der Waals surface area contributed by atoms with E-state index in [0.717, 1.165) is 18.1 Å². The summed E-state index contributed by atoms with van der Waals surface area (Å²) in [5, 5.41) is 4.94. The monoisotopic (exact) mass is 293 g/mol. The van der Waals surface area contributed by atoms with Gasteiger partial charge in [0, 0.05) is 18.6 Å². The fourth-order valence-corrected chi connectivity index (χ4v) is 2.22. The Morgan fingerprint density at radius 2 is 2.15 bits per heavy atom. The summed E-state index contributed by atoms with van der Waals surface area (Å²) in [5.74, 6) is 1.44. The van der Waals surface area contributed by atoms with Crippen LogP contribution in [-0.4, -0.2) is 21.8 Å². The number of nitrogens with zero attached hydrogens (tertiary/aromatic N) is 4. The third-order valence-electron chi connectivity index (χ3n) is 3.02. The van der Waals surface area contributed by atoms with Gasteiger partial charge in [0.15, 0.2) is 0 Å². The van der Waals surface area contributed by atoms with Gasteiger partial charge in [0.2, 0.25) is 0 Å². The molecule has 2 N–H and O–H groups in total. The van der Waals surface area contributed by atoms with Gasteiger partial charge in [-0.15, -0.1) is 0 Å². The smallest absolute Gasteiger partial charge is 0.146 e. The molecular formula is C14H20ClN5. The summed E-state index contributed by atoms with van der Waals surface area (Å²) in [7, 11) is 1.97. The molecule has 1 heterocycles. The van der Waals surface area contributed by atoms with Crippen molar-refractivity contribution in [2.24, 2.45) is 5.92 Å². The van der Waals surface area contributed by atoms with Gasteiger partial charge in [-0.05, 0) is 24.1 Å². The first kappa shape index (κ1) is 14.7. The second kappa shape index (κ2) is 6.13. The second-order valence-corrected chi connectivity index (χ2v) is 5.75. The molecule has 0 aliphatic heterocycles. The van der Waals surface area contributed by atoms with E-state index < -0.39 is 0 Å². The topological polar surface area (TPSA) is 60.0 Å². The highest BCUT2D eigenvalue weighted by atomic mass is 35.5. The summed E-state index contributed by atoms with van der Waals surface area (Å²) >= 11 is 6.03. The van der Waals surface area contributed by atoms with Crippen LogP contribution >= 0.6 is 11.6 Å². The lowest BCUT2D eigenvalue weighted by atomic mass is 10.2. The number of anilines is 2. The SMILES string of the molecule is CC(C)Cn1ncnc1CN(C)c1cc(Cl)ccc1N. The fraction of sp³-hybridized carbons (Fsp3) is 0.429. The molecule has 5 nitrogen and oxygen atoms in total. The first-order valence-electron chi connectivity index (χ1n) is 6.60. The molecule has 0 spiro atoms. The number of hydrogen-bond acceptors (Lipinski definition) is 4. The lowest BCUT2D eigenvalue weighted by molar-refractivity contribution is 0.465. The molecular weight excluding hydrogens is 274 g/mol. The van der Waals surface area contributed by atoms with Crippen LogP contribution in [0.1, 0.15) is 19.7 Å². The Morgan fingerprint density at radius 1 is 1.40 bits per heavy atom. The van der Waals surface area contributed by atoms with E-state index in [1.54, 1.807) is 12.4 Å². The van der Waals surface area contributed by atoms with E-state index in [1.165, 1.54) is 0 Å². The van der Waals surface area contributed by atoms with E-state index in [4.69, 9.17) is 17.3 Å². The molecule has 0 aliphatic rings. The van der Waals surface area contributed by atoms with Crippen molar-refractivity contribution >= 4 is 23.0 Å². The van der Waals surface area contributed by atoms with Gasteiger partial charge >= 0.3 is 0 Å². The minimum Gasteiger partial charge on any atom is -0.397 e. The summed E-state index contributed by atoms with van der Waals surface area (Å²) < 4.78 is 1.93. The molecule has 0 aliphatic carbocycles. The maximum absolute atomic E-state index is 6.03. The highest BCUT2D eigenvalue weighted by Crippen LogP contribution is 2.26. The van der Waals surface area contributed by atoms with Gasteiger partial charge in [-0.25, -0.2) is 9.67 Å². The highest BCUT2D eigenvalue weighted by Gasteiger charge is 2.12. The summed E-state index contributed by atoms with van der Waals surface area (Å²) in [6.45, 7) is 5.81. The van der Waals surface area contributed by atoms with Crippen LogP contribution < -0.4 is 10.6 Å². The molecule has 0 atom stereocenters. The van der Waals surface area contributed by atoms with Crippen LogP contribution in [-0.2, 0) is 13.1 Å². The Morgan fingerprint density at radius 3 is 2.85 bits per heavy atom. The number of nitrogens with two attached hydrogens (primary N) is 1. The first-order valence-corrected chi connectivity index (χ1v) is 6.98. The second-order valence-electron chi connectivity index (χ2n) is 5.31. The standard InChI is InChI=1S/C14H20ClN5/c1-10(2)7-20-14(17-9-18-20)8-19(3)13-6-11(15)4-5-12(13)16/h4-6,9-10H,7-8,16H2,1-3H3. The number of hydrogen-bond donors (Lipinski definition) is 1. The molecule has 0 bridgehead atoms. The van der Waals surface area contributed by atoms with Gasteiger partial charge < -0.3 is 10.6 Å². The number of rotatable bonds is 5. The molecule has 0 saturated heterocycles. The Bertz CT molecular complexity index is 579. The molecule has 0 fully saturated rings. The third-order valence-corrected chi connectivity index (χ3v) is 3.25. The zero-order chi connectivity index (χ0) is 14.7. The average molecular weight is 294 g/mol. The quantitative estimate of drug-likeness (QED) is 0.861. The van der Waals surface area contributed by atoms with Crippen LogP contribution in [0.5, 0.6) is 0 Å².